The van der Waals surface area contributed by atoms with E-state index in [1.807, 2.05) is 0 Å². The minimum Gasteiger partial charge on any atom is -0.329 e. The van der Waals surface area contributed by atoms with Crippen LogP contribution in [-0.2, 0) is 0 Å². The minimum absolute atomic E-state index is 0. The van der Waals surface area contributed by atoms with Crippen LogP contribution in [0.2, 0.25) is 0 Å². The van der Waals surface area contributed by atoms with Gasteiger partial charge in [0.05, 0.1) is 0 Å². The van der Waals surface area contributed by atoms with Gasteiger partial charge in [-0.05, 0) is 12.5 Å². The molecule has 0 aliphatic carbocycles. The fourth-order valence-corrected chi connectivity index (χ4v) is 0.986. The molecule has 78 valence electrons. The van der Waals surface area contributed by atoms with Gasteiger partial charge in [0, 0.05) is 13.1 Å². The summed E-state index contributed by atoms with van der Waals surface area (Å²) in [5, 5.41) is 3.31. The highest BCUT2D eigenvalue weighted by molar-refractivity contribution is 4.58. The summed E-state index contributed by atoms with van der Waals surface area (Å²) in [4.78, 5) is 0. The summed E-state index contributed by atoms with van der Waals surface area (Å²) in [5.41, 5.74) is 5.34. The molecule has 0 saturated carbocycles. The van der Waals surface area contributed by atoms with Gasteiger partial charge in [0.25, 0.3) is 0 Å². The molecule has 0 aromatic heterocycles. The third-order valence-corrected chi connectivity index (χ3v) is 1.91. The number of rotatable bonds is 6. The van der Waals surface area contributed by atoms with Crippen molar-refractivity contribution in [3.63, 3.8) is 0 Å². The molecule has 0 amide bonds. The lowest BCUT2D eigenvalue weighted by Crippen LogP contribution is -2.27. The zero-order valence-corrected chi connectivity index (χ0v) is 7.19. The first-order valence-electron chi connectivity index (χ1n) is 4.25. The normalized spacial score (nSPS) is 9.00. The molecule has 0 aliphatic heterocycles. The molecule has 12 heavy (non-hydrogen) atoms. The van der Waals surface area contributed by atoms with Gasteiger partial charge < -0.3 is 11.1 Å². The quantitative estimate of drug-likeness (QED) is 0.609. The summed E-state index contributed by atoms with van der Waals surface area (Å²) in [6.07, 6.45) is 2.54. The lowest BCUT2D eigenvalue weighted by molar-refractivity contribution is 0.453. The van der Waals surface area contributed by atoms with Crippen molar-refractivity contribution >= 4 is 0 Å². The maximum absolute atomic E-state index is 5.34. The first-order valence-corrected chi connectivity index (χ1v) is 4.25. The van der Waals surface area contributed by atoms with Crippen LogP contribution in [0.15, 0.2) is 0 Å². The largest absolute Gasteiger partial charge is 0.329 e. The molecule has 0 aromatic carbocycles. The average molecular weight is 176 g/mol. The second-order valence-electron chi connectivity index (χ2n) is 2.68. The van der Waals surface area contributed by atoms with E-state index in [0.29, 0.717) is 0 Å². The zero-order valence-electron chi connectivity index (χ0n) is 7.19. The number of hydrogen-bond donors (Lipinski definition) is 2. The van der Waals surface area contributed by atoms with Crippen LogP contribution in [-0.4, -0.2) is 19.6 Å². The fourth-order valence-electron chi connectivity index (χ4n) is 0.986. The molecule has 0 unspecified atom stereocenters. The molecular formula is C10H28N2. The van der Waals surface area contributed by atoms with Gasteiger partial charge >= 0.3 is 0 Å². The molecule has 3 N–H and O–H groups in total. The third-order valence-electron chi connectivity index (χ3n) is 1.91. The Bertz CT molecular complexity index is 60.9. The van der Waals surface area contributed by atoms with Crippen LogP contribution >= 0.6 is 0 Å². The molecule has 0 atom stereocenters. The van der Waals surface area contributed by atoms with Crippen LogP contribution in [0.25, 0.3) is 0 Å². The van der Waals surface area contributed by atoms with Crippen molar-refractivity contribution in [3.05, 3.63) is 0 Å². The third kappa shape index (κ3) is 9.92. The van der Waals surface area contributed by atoms with Crippen LogP contribution in [0, 0.1) is 5.92 Å². The van der Waals surface area contributed by atoms with Gasteiger partial charge in [-0.2, -0.15) is 0 Å². The van der Waals surface area contributed by atoms with Crippen molar-refractivity contribution in [2.24, 2.45) is 11.7 Å². The Morgan fingerprint density at radius 2 is 1.67 bits per heavy atom. The van der Waals surface area contributed by atoms with Crippen LogP contribution < -0.4 is 11.1 Å². The van der Waals surface area contributed by atoms with E-state index in [-0.39, 0.29) is 14.9 Å². The Kier molecular flexibility index (Phi) is 20.1. The van der Waals surface area contributed by atoms with E-state index in [4.69, 9.17) is 5.73 Å². The van der Waals surface area contributed by atoms with Gasteiger partial charge in [-0.3, -0.25) is 0 Å². The fraction of sp³-hybridized carbons (Fsp3) is 1.00. The van der Waals surface area contributed by atoms with Crippen LogP contribution in [0.1, 0.15) is 41.5 Å². The SMILES string of the molecule is C.C.CCC(CC)CNCCN. The molecular weight excluding hydrogens is 148 g/mol. The molecule has 0 aromatic rings. The van der Waals surface area contributed by atoms with E-state index in [2.05, 4.69) is 19.2 Å². The Hall–Kier alpha value is -0.0800. The van der Waals surface area contributed by atoms with E-state index >= 15 is 0 Å². The van der Waals surface area contributed by atoms with E-state index in [9.17, 15) is 0 Å². The van der Waals surface area contributed by atoms with Crippen molar-refractivity contribution in [2.45, 2.75) is 41.5 Å². The predicted octanol–water partition coefficient (Wildman–Crippen LogP) is 2.24. The number of hydrogen-bond acceptors (Lipinski definition) is 2. The van der Waals surface area contributed by atoms with Gasteiger partial charge in [0.15, 0.2) is 0 Å². The molecule has 0 heterocycles. The molecule has 0 aliphatic rings. The molecule has 0 spiro atoms. The standard InChI is InChI=1S/C8H20N2.2CH4/c1-3-8(4-2)7-10-6-5-9;;/h8,10H,3-7,9H2,1-2H3;2*1H4. The topological polar surface area (TPSA) is 38.0 Å². The summed E-state index contributed by atoms with van der Waals surface area (Å²) in [7, 11) is 0. The van der Waals surface area contributed by atoms with E-state index in [1.54, 1.807) is 0 Å². The maximum Gasteiger partial charge on any atom is 0.00746 e. The lowest BCUT2D eigenvalue weighted by Gasteiger charge is -2.11. The van der Waals surface area contributed by atoms with Crippen molar-refractivity contribution in [1.82, 2.24) is 5.32 Å². The number of nitrogens with one attached hydrogen (secondary N) is 1. The molecule has 0 bridgehead atoms. The smallest absolute Gasteiger partial charge is 0.00746 e. The first-order chi connectivity index (χ1) is 4.85. The summed E-state index contributed by atoms with van der Waals surface area (Å²) >= 11 is 0. The predicted molar refractivity (Wildman–Crippen MR) is 59.5 cm³/mol. The Balaban J connectivity index is -0.000000405. The van der Waals surface area contributed by atoms with Gasteiger partial charge in [-0.15, -0.1) is 0 Å². The number of nitrogens with two attached hydrogens (primary N) is 1. The van der Waals surface area contributed by atoms with Gasteiger partial charge in [0.1, 0.15) is 0 Å². The summed E-state index contributed by atoms with van der Waals surface area (Å²) < 4.78 is 0. The highest BCUT2D eigenvalue weighted by Gasteiger charge is 2.00. The van der Waals surface area contributed by atoms with E-state index in [0.717, 1.165) is 25.6 Å². The van der Waals surface area contributed by atoms with E-state index < -0.39 is 0 Å². The summed E-state index contributed by atoms with van der Waals surface area (Å²) in [5.74, 6) is 0.839. The molecule has 0 fully saturated rings. The molecule has 0 rings (SSSR count). The Morgan fingerprint density at radius 3 is 2.00 bits per heavy atom. The first kappa shape index (κ1) is 17.9. The van der Waals surface area contributed by atoms with Crippen molar-refractivity contribution < 1.29 is 0 Å². The molecule has 2 nitrogen and oxygen atoms in total. The monoisotopic (exact) mass is 176 g/mol. The van der Waals surface area contributed by atoms with Gasteiger partial charge in [-0.1, -0.05) is 41.5 Å². The van der Waals surface area contributed by atoms with Crippen LogP contribution in [0.4, 0.5) is 0 Å². The second-order valence-corrected chi connectivity index (χ2v) is 2.68. The van der Waals surface area contributed by atoms with Crippen molar-refractivity contribution in [2.75, 3.05) is 19.6 Å². The Labute approximate surface area is 78.9 Å². The molecule has 0 radical (unpaired) electrons. The molecule has 0 saturated heterocycles. The zero-order chi connectivity index (χ0) is 7.82. The highest BCUT2D eigenvalue weighted by Crippen LogP contribution is 2.04. The maximum atomic E-state index is 5.34. The Morgan fingerprint density at radius 1 is 1.17 bits per heavy atom. The summed E-state index contributed by atoms with van der Waals surface area (Å²) in [6.45, 7) is 7.30. The summed E-state index contributed by atoms with van der Waals surface area (Å²) in [6, 6.07) is 0. The van der Waals surface area contributed by atoms with E-state index in [1.165, 1.54) is 12.8 Å². The minimum atomic E-state index is 0. The molecule has 2 heteroatoms. The van der Waals surface area contributed by atoms with Gasteiger partial charge in [-0.25, -0.2) is 0 Å². The average Bonchev–Trinajstić information content (AvgIpc) is 1.99. The van der Waals surface area contributed by atoms with Gasteiger partial charge in [0.2, 0.25) is 0 Å². The highest BCUT2D eigenvalue weighted by atomic mass is 14.9. The van der Waals surface area contributed by atoms with Crippen molar-refractivity contribution in [3.8, 4) is 0 Å². The van der Waals surface area contributed by atoms with Crippen molar-refractivity contribution in [1.29, 1.82) is 0 Å². The van der Waals surface area contributed by atoms with Crippen LogP contribution in [0.5, 0.6) is 0 Å². The van der Waals surface area contributed by atoms with Crippen LogP contribution in [0.3, 0.4) is 0 Å². The lowest BCUT2D eigenvalue weighted by atomic mass is 10.0. The second kappa shape index (κ2) is 13.5.